The highest BCUT2D eigenvalue weighted by Gasteiger charge is 2.27. The smallest absolute Gasteiger partial charge is 0.332 e. The van der Waals surface area contributed by atoms with E-state index >= 15 is 0 Å². The van der Waals surface area contributed by atoms with E-state index in [4.69, 9.17) is 5.73 Å². The first-order valence-electron chi connectivity index (χ1n) is 6.17. The predicted octanol–water partition coefficient (Wildman–Crippen LogP) is -0.00978. The first-order valence-corrected chi connectivity index (χ1v) is 6.17. The van der Waals surface area contributed by atoms with Gasteiger partial charge in [0.15, 0.2) is 0 Å². The Bertz CT molecular complexity index is 557. The van der Waals surface area contributed by atoms with Crippen molar-refractivity contribution in [3.63, 3.8) is 0 Å². The summed E-state index contributed by atoms with van der Waals surface area (Å²) in [6.07, 6.45) is 1.96. The molecule has 1 aliphatic rings. The van der Waals surface area contributed by atoms with Gasteiger partial charge in [-0.05, 0) is 19.8 Å². The molecular weight excluding hydrogens is 264 g/mol. The molecular formula is C11H16N6O3. The lowest BCUT2D eigenvalue weighted by Crippen LogP contribution is -2.37. The summed E-state index contributed by atoms with van der Waals surface area (Å²) in [6.45, 7) is 1.46. The number of aromatic nitrogens is 2. The van der Waals surface area contributed by atoms with Crippen LogP contribution in [0.2, 0.25) is 0 Å². The Hall–Kier alpha value is -2.45. The maximum atomic E-state index is 11.7. The van der Waals surface area contributed by atoms with Gasteiger partial charge in [0.2, 0.25) is 17.7 Å². The summed E-state index contributed by atoms with van der Waals surface area (Å²) in [7, 11) is 1.56. The number of rotatable bonds is 5. The molecule has 9 heteroatoms. The summed E-state index contributed by atoms with van der Waals surface area (Å²) in [6, 6.07) is 0.239. The number of hydrogen-bond donors (Lipinski definition) is 2. The molecule has 0 bridgehead atoms. The SMILES string of the molecule is Cc1nc(N)nc(N(C)CC(=O)NC2CC2)c1[N+](=O)[O-]. The lowest BCUT2D eigenvalue weighted by atomic mass is 10.3. The van der Waals surface area contributed by atoms with Crippen LogP contribution in [0.3, 0.4) is 0 Å². The van der Waals surface area contributed by atoms with Crippen molar-refractivity contribution in [2.75, 3.05) is 24.2 Å². The number of nitrogens with one attached hydrogen (secondary N) is 1. The van der Waals surface area contributed by atoms with Crippen LogP contribution in [-0.4, -0.2) is 40.4 Å². The summed E-state index contributed by atoms with van der Waals surface area (Å²) in [5, 5.41) is 13.9. The Morgan fingerprint density at radius 1 is 1.55 bits per heavy atom. The minimum absolute atomic E-state index is 0.0206. The standard InChI is InChI=1S/C11H16N6O3/c1-6-9(17(19)20)10(15-11(12)13-6)16(2)5-8(18)14-7-3-4-7/h7H,3-5H2,1-2H3,(H,14,18)(H2,12,13,15). The number of hydrogen-bond acceptors (Lipinski definition) is 7. The molecule has 0 atom stereocenters. The first kappa shape index (κ1) is 14.0. The molecule has 2 rings (SSSR count). The fraction of sp³-hybridized carbons (Fsp3) is 0.545. The molecule has 3 N–H and O–H groups in total. The van der Waals surface area contributed by atoms with Crippen molar-refractivity contribution in [3.05, 3.63) is 15.8 Å². The van der Waals surface area contributed by atoms with Gasteiger partial charge < -0.3 is 16.0 Å². The van der Waals surface area contributed by atoms with Crippen molar-refractivity contribution in [1.82, 2.24) is 15.3 Å². The minimum Gasteiger partial charge on any atom is -0.368 e. The van der Waals surface area contributed by atoms with Crippen LogP contribution in [0.25, 0.3) is 0 Å². The Morgan fingerprint density at radius 2 is 2.20 bits per heavy atom. The van der Waals surface area contributed by atoms with Gasteiger partial charge in [-0.3, -0.25) is 14.9 Å². The Balaban J connectivity index is 2.20. The van der Waals surface area contributed by atoms with Crippen molar-refractivity contribution >= 4 is 23.4 Å². The van der Waals surface area contributed by atoms with Gasteiger partial charge in [0.05, 0.1) is 11.5 Å². The molecule has 108 valence electrons. The average molecular weight is 280 g/mol. The Labute approximate surface area is 115 Å². The van der Waals surface area contributed by atoms with Gasteiger partial charge >= 0.3 is 5.69 Å². The van der Waals surface area contributed by atoms with E-state index in [0.717, 1.165) is 12.8 Å². The van der Waals surface area contributed by atoms with E-state index in [9.17, 15) is 14.9 Å². The van der Waals surface area contributed by atoms with E-state index in [1.165, 1.54) is 11.8 Å². The molecule has 9 nitrogen and oxygen atoms in total. The van der Waals surface area contributed by atoms with Crippen LogP contribution >= 0.6 is 0 Å². The monoisotopic (exact) mass is 280 g/mol. The van der Waals surface area contributed by atoms with Crippen molar-refractivity contribution in [3.8, 4) is 0 Å². The number of nitrogens with two attached hydrogens (primary N) is 1. The fourth-order valence-electron chi connectivity index (χ4n) is 1.84. The molecule has 20 heavy (non-hydrogen) atoms. The molecule has 0 aromatic carbocycles. The van der Waals surface area contributed by atoms with E-state index in [1.807, 2.05) is 0 Å². The van der Waals surface area contributed by atoms with Gasteiger partial charge in [-0.2, -0.15) is 4.98 Å². The van der Waals surface area contributed by atoms with Crippen molar-refractivity contribution in [2.24, 2.45) is 0 Å². The number of amides is 1. The zero-order valence-electron chi connectivity index (χ0n) is 11.3. The van der Waals surface area contributed by atoms with E-state index in [1.54, 1.807) is 7.05 Å². The number of anilines is 2. The van der Waals surface area contributed by atoms with E-state index in [-0.39, 0.29) is 41.6 Å². The molecule has 1 aromatic rings. The Morgan fingerprint density at radius 3 is 2.75 bits per heavy atom. The molecule has 1 amide bonds. The summed E-state index contributed by atoms with van der Waals surface area (Å²) >= 11 is 0. The van der Waals surface area contributed by atoms with Crippen LogP contribution in [-0.2, 0) is 4.79 Å². The quantitative estimate of drug-likeness (QED) is 0.573. The summed E-state index contributed by atoms with van der Waals surface area (Å²) in [4.78, 5) is 31.3. The lowest BCUT2D eigenvalue weighted by Gasteiger charge is -2.18. The van der Waals surface area contributed by atoms with Crippen LogP contribution in [0, 0.1) is 17.0 Å². The molecule has 0 aliphatic heterocycles. The van der Waals surface area contributed by atoms with E-state index in [0.29, 0.717) is 0 Å². The van der Waals surface area contributed by atoms with Gasteiger partial charge in [0.1, 0.15) is 5.69 Å². The maximum Gasteiger partial charge on any atom is 0.332 e. The second-order valence-corrected chi connectivity index (χ2v) is 4.79. The molecule has 1 aliphatic carbocycles. The van der Waals surface area contributed by atoms with Crippen molar-refractivity contribution in [1.29, 1.82) is 0 Å². The molecule has 0 radical (unpaired) electrons. The van der Waals surface area contributed by atoms with Crippen LogP contribution in [0.5, 0.6) is 0 Å². The van der Waals surface area contributed by atoms with Crippen LogP contribution in [0.15, 0.2) is 0 Å². The number of likely N-dealkylation sites (N-methyl/N-ethyl adjacent to an activating group) is 1. The van der Waals surface area contributed by atoms with Gasteiger partial charge in [0.25, 0.3) is 0 Å². The van der Waals surface area contributed by atoms with Gasteiger partial charge in [-0.15, -0.1) is 0 Å². The van der Waals surface area contributed by atoms with Crippen LogP contribution < -0.4 is 16.0 Å². The Kier molecular flexibility index (Phi) is 3.68. The molecule has 1 saturated carbocycles. The largest absolute Gasteiger partial charge is 0.368 e. The topological polar surface area (TPSA) is 127 Å². The molecule has 0 unspecified atom stereocenters. The van der Waals surface area contributed by atoms with Crippen molar-refractivity contribution in [2.45, 2.75) is 25.8 Å². The predicted molar refractivity (Wildman–Crippen MR) is 72.3 cm³/mol. The number of aryl methyl sites for hydroxylation is 1. The highest BCUT2D eigenvalue weighted by Crippen LogP contribution is 2.28. The minimum atomic E-state index is -0.570. The second kappa shape index (κ2) is 5.27. The third kappa shape index (κ3) is 3.11. The number of nitrogens with zero attached hydrogens (tertiary/aromatic N) is 4. The van der Waals surface area contributed by atoms with Gasteiger partial charge in [0, 0.05) is 13.1 Å². The number of nitrogen functional groups attached to an aromatic ring is 1. The van der Waals surface area contributed by atoms with Crippen LogP contribution in [0.4, 0.5) is 17.5 Å². The normalized spacial score (nSPS) is 13.9. The number of carbonyl (C=O) groups is 1. The number of carbonyl (C=O) groups excluding carboxylic acids is 1. The maximum absolute atomic E-state index is 11.7. The highest BCUT2D eigenvalue weighted by molar-refractivity contribution is 5.82. The van der Waals surface area contributed by atoms with Gasteiger partial charge in [-0.1, -0.05) is 0 Å². The lowest BCUT2D eigenvalue weighted by molar-refractivity contribution is -0.385. The number of nitro groups is 1. The van der Waals surface area contributed by atoms with Crippen LogP contribution in [0.1, 0.15) is 18.5 Å². The summed E-state index contributed by atoms with van der Waals surface area (Å²) < 4.78 is 0. The zero-order valence-corrected chi connectivity index (χ0v) is 11.3. The molecule has 1 fully saturated rings. The highest BCUT2D eigenvalue weighted by atomic mass is 16.6. The van der Waals surface area contributed by atoms with E-state index in [2.05, 4.69) is 15.3 Å². The first-order chi connectivity index (χ1) is 9.38. The third-order valence-corrected chi connectivity index (χ3v) is 2.92. The molecule has 0 spiro atoms. The fourth-order valence-corrected chi connectivity index (χ4v) is 1.84. The molecule has 0 saturated heterocycles. The second-order valence-electron chi connectivity index (χ2n) is 4.79. The van der Waals surface area contributed by atoms with Crippen molar-refractivity contribution < 1.29 is 9.72 Å². The average Bonchev–Trinajstić information content (AvgIpc) is 3.10. The van der Waals surface area contributed by atoms with Gasteiger partial charge in [-0.25, -0.2) is 4.98 Å². The van der Waals surface area contributed by atoms with E-state index < -0.39 is 4.92 Å². The zero-order chi connectivity index (χ0) is 14.9. The summed E-state index contributed by atoms with van der Waals surface area (Å²) in [5.74, 6) is -0.206. The molecule has 1 aromatic heterocycles. The summed E-state index contributed by atoms with van der Waals surface area (Å²) in [5.41, 5.74) is 5.45. The third-order valence-electron chi connectivity index (χ3n) is 2.92. The molecule has 1 heterocycles.